The number of benzene rings is 8. The molecule has 0 unspecified atom stereocenters. The van der Waals surface area contributed by atoms with E-state index in [1.807, 2.05) is 39.0 Å². The van der Waals surface area contributed by atoms with Gasteiger partial charge in [-0.15, -0.1) is 12.4 Å². The normalized spacial score (nSPS) is 15.8. The van der Waals surface area contributed by atoms with E-state index in [0.717, 1.165) is 120 Å². The molecule has 2 heterocycles. The van der Waals surface area contributed by atoms with E-state index in [1.165, 1.54) is 24.3 Å². The van der Waals surface area contributed by atoms with E-state index in [-0.39, 0.29) is 34.7 Å². The summed E-state index contributed by atoms with van der Waals surface area (Å²) < 4.78 is 153. The Kier molecular flexibility index (Phi) is 35.6. The van der Waals surface area contributed by atoms with E-state index >= 15 is 17.6 Å². The highest BCUT2D eigenvalue weighted by Crippen LogP contribution is 2.57. The number of amides is 1. The number of fused-ring (bicyclic) bond motifs is 6. The Morgan fingerprint density at radius 3 is 0.976 bits per heavy atom. The first-order valence-corrected chi connectivity index (χ1v) is 43.6. The van der Waals surface area contributed by atoms with Gasteiger partial charge in [0, 0.05) is 94.5 Å². The average molecular weight is 1740 g/mol. The lowest BCUT2D eigenvalue weighted by Crippen LogP contribution is -2.41. The molecule has 0 radical (unpaired) electrons. The minimum Gasteiger partial charge on any atom is -0.494 e. The number of methoxy groups -OCH3 is 4. The summed E-state index contributed by atoms with van der Waals surface area (Å²) in [5.41, 5.74) is 15.7. The Morgan fingerprint density at radius 2 is 0.661 bits per heavy atom. The molecule has 672 valence electrons. The zero-order valence-electron chi connectivity index (χ0n) is 75.3. The van der Waals surface area contributed by atoms with Crippen molar-refractivity contribution < 1.29 is 93.1 Å². The zero-order chi connectivity index (χ0) is 88.2. The molecular weight excluding hydrogens is 1610 g/mol. The fraction of sp³-hybridized carbons (Fsp3) is 0.505. The summed E-state index contributed by atoms with van der Waals surface area (Å²) in [6.45, 7) is 30.2. The highest BCUT2D eigenvalue weighted by atomic mass is 35.5. The molecule has 25 heteroatoms. The van der Waals surface area contributed by atoms with Gasteiger partial charge in [-0.25, -0.2) is 22.4 Å². The largest absolute Gasteiger partial charge is 0.494 e. The fourth-order valence-corrected chi connectivity index (χ4v) is 16.6. The molecule has 0 aromatic heterocycles. The van der Waals surface area contributed by atoms with Crippen molar-refractivity contribution in [2.75, 3.05) is 134 Å². The fourth-order valence-electron chi connectivity index (χ4n) is 16.6. The predicted molar refractivity (Wildman–Crippen MR) is 486 cm³/mol. The van der Waals surface area contributed by atoms with Crippen LogP contribution in [0.5, 0.6) is 11.5 Å². The second-order valence-electron chi connectivity index (χ2n) is 35.3. The highest BCUT2D eigenvalue weighted by Gasteiger charge is 2.55. The molecule has 0 saturated carbocycles. The Morgan fingerprint density at radius 1 is 0.363 bits per heavy atom. The maximum absolute atomic E-state index is 16.4. The number of carbonyl (C=O) groups is 1. The van der Waals surface area contributed by atoms with Crippen molar-refractivity contribution in [2.45, 2.75) is 192 Å². The van der Waals surface area contributed by atoms with Crippen LogP contribution in [0.25, 0.3) is 66.8 Å². The summed E-state index contributed by atoms with van der Waals surface area (Å²) in [4.78, 5) is 11.9. The molecule has 2 aliphatic heterocycles. The van der Waals surface area contributed by atoms with E-state index in [9.17, 15) is 4.79 Å². The number of alkyl carbamates (subject to hydrolysis) is 1. The van der Waals surface area contributed by atoms with Gasteiger partial charge in [0.25, 0.3) is 0 Å². The van der Waals surface area contributed by atoms with Gasteiger partial charge in [-0.2, -0.15) is 0 Å². The summed E-state index contributed by atoms with van der Waals surface area (Å²) in [5.74, 6) is -0.774. The summed E-state index contributed by atoms with van der Waals surface area (Å²) >= 11 is 0. The van der Waals surface area contributed by atoms with Crippen LogP contribution in [-0.2, 0) is 72.1 Å². The molecule has 0 atom stereocenters. The smallest absolute Gasteiger partial charge is 0.494 e. The minimum absolute atomic E-state index is 0. The number of rotatable bonds is 45. The van der Waals surface area contributed by atoms with Crippen molar-refractivity contribution in [3.63, 3.8) is 0 Å². The second kappa shape index (κ2) is 44.8. The van der Waals surface area contributed by atoms with Crippen molar-refractivity contribution >= 4 is 43.7 Å². The quantitative estimate of drug-likeness (QED) is 0.0208. The van der Waals surface area contributed by atoms with Crippen molar-refractivity contribution in [3.8, 4) is 78.3 Å². The first-order chi connectivity index (χ1) is 58.9. The molecule has 4 aliphatic rings. The Hall–Kier alpha value is -7.75. The van der Waals surface area contributed by atoms with Crippen molar-refractivity contribution in [1.82, 2.24) is 5.32 Å². The zero-order valence-corrected chi connectivity index (χ0v) is 76.2. The highest BCUT2D eigenvalue weighted by molar-refractivity contribution is 6.62. The summed E-state index contributed by atoms with van der Waals surface area (Å²) in [6, 6.07) is 44.2. The molecule has 1 amide bonds. The van der Waals surface area contributed by atoms with Gasteiger partial charge in [-0.1, -0.05) is 84.9 Å². The second-order valence-corrected chi connectivity index (χ2v) is 35.3. The van der Waals surface area contributed by atoms with Crippen molar-refractivity contribution in [2.24, 2.45) is 5.73 Å². The van der Waals surface area contributed by atoms with E-state index in [0.29, 0.717) is 152 Å². The third kappa shape index (κ3) is 24.2. The first-order valence-electron chi connectivity index (χ1n) is 43.6. The number of hydrogen-bond acceptors (Lipinski definition) is 17. The molecule has 0 bridgehead atoms. The molecule has 8 aromatic rings. The molecule has 3 N–H and O–H groups in total. The molecule has 2 saturated heterocycles. The van der Waals surface area contributed by atoms with Gasteiger partial charge >= 0.3 is 20.3 Å². The van der Waals surface area contributed by atoms with Crippen LogP contribution in [0.4, 0.5) is 22.4 Å². The van der Waals surface area contributed by atoms with E-state index in [4.69, 9.17) is 76.5 Å². The number of ether oxygens (including phenoxy) is 11. The maximum Gasteiger partial charge on any atom is 0.494 e. The Balaban J connectivity index is 0.000000259. The number of carbonyl (C=O) groups excluding carboxylic acids is 1. The lowest BCUT2D eigenvalue weighted by Gasteiger charge is -2.33. The minimum atomic E-state index is -0.553. The summed E-state index contributed by atoms with van der Waals surface area (Å²) in [7, 11) is 5.55. The number of hydrogen-bond donors (Lipinski definition) is 2. The Labute approximate surface area is 739 Å². The summed E-state index contributed by atoms with van der Waals surface area (Å²) in [5, 5.41) is 2.74. The monoisotopic (exact) mass is 1730 g/mol. The maximum atomic E-state index is 16.4. The molecule has 124 heavy (non-hydrogen) atoms. The van der Waals surface area contributed by atoms with Crippen LogP contribution in [0, 0.1) is 23.3 Å². The number of nitrogens with one attached hydrogen (secondary N) is 1. The van der Waals surface area contributed by atoms with Crippen molar-refractivity contribution in [3.05, 3.63) is 191 Å². The lowest BCUT2D eigenvalue weighted by molar-refractivity contribution is 0.00578. The number of nitrogens with two attached hydrogens (primary N) is 1. The van der Waals surface area contributed by atoms with Gasteiger partial charge < -0.3 is 81.8 Å². The molecular formula is C99H129B2ClF4N2O16. The number of unbranched alkanes of at least 4 members (excludes halogenated alkanes) is 2. The van der Waals surface area contributed by atoms with Gasteiger partial charge in [0.2, 0.25) is 0 Å². The van der Waals surface area contributed by atoms with Crippen LogP contribution in [0.1, 0.15) is 175 Å². The predicted octanol–water partition coefficient (Wildman–Crippen LogP) is 19.7. The van der Waals surface area contributed by atoms with E-state index in [2.05, 4.69) is 115 Å². The lowest BCUT2D eigenvalue weighted by atomic mass is 9.69. The van der Waals surface area contributed by atoms with Gasteiger partial charge in [0.15, 0.2) is 0 Å². The average Bonchev–Trinajstić information content (AvgIpc) is 1.56. The molecule has 2 fully saturated rings. The van der Waals surface area contributed by atoms with E-state index in [1.54, 1.807) is 77.0 Å². The molecule has 2 aliphatic carbocycles. The SMILES string of the molecule is COCCOCCCC1(CCCOCCOC)c2cc(B3OC(C)(C)C(C)(C)O3)ccc2-c2ccc(-c3cc(F)c(-c4ccc(OCCCCN)cc4)cc3F)cc21.COCCOCCCC1(CCCOCCOC)c2cc(B3OC(C)(C)C(C)(C)O3)ccc2-c2ccc(-c3cc(F)c(-c4ccc(OCCCCNC(=O)OC(C)(C)C)cc4)cc3F)cc21.Cl. The van der Waals surface area contributed by atoms with Crippen LogP contribution in [0.2, 0.25) is 0 Å². The van der Waals surface area contributed by atoms with Gasteiger partial charge in [-0.05, 0) is 298 Å². The third-order valence-corrected chi connectivity index (χ3v) is 24.6. The standard InChI is InChI=1S/C52H68BF2NO9.C47H60BF2NO7.ClH/c1-49(2,3)63-48(57)56-24-10-11-27-62-39-18-14-36(15-19-39)42-34-47(55)43(35-46(42)54)37-16-20-40-41-21-17-38(53-64-50(4,5)51(6,7)65-53)33-45(41)52(44(40)32-37,22-12-25-60-30-28-58-8)23-13-26-61-31-29-59-9;1-45(2)46(3,4)58-48(57-45)35-14-18-38-37-17-13-34(40-32-43(49)39(31-44(40)50)33-11-15-36(16-12-33)56-24-8-7-21-51)29-41(37)47(42(38)30-35,19-9-22-54-27-25-52-5)20-10-23-55-28-26-53-6;/h14-21,32-35H,10-13,22-31H2,1-9H3,(H,56,57);11-18,29-32H,7-10,19-28,51H2,1-6H3;1H. The first kappa shape index (κ1) is 98.4. The molecule has 12 rings (SSSR count). The summed E-state index contributed by atoms with van der Waals surface area (Å²) in [6.07, 6.45) is 8.78. The van der Waals surface area contributed by atoms with Gasteiger partial charge in [0.1, 0.15) is 40.4 Å². The van der Waals surface area contributed by atoms with Crippen LogP contribution < -0.4 is 31.4 Å². The topological polar surface area (TPSA) is 194 Å². The van der Waals surface area contributed by atoms with Gasteiger partial charge in [-0.3, -0.25) is 0 Å². The van der Waals surface area contributed by atoms with Gasteiger partial charge in [0.05, 0.1) is 88.5 Å². The van der Waals surface area contributed by atoms with Crippen LogP contribution in [0.3, 0.4) is 0 Å². The van der Waals surface area contributed by atoms with Crippen LogP contribution in [-0.4, -0.2) is 182 Å². The third-order valence-electron chi connectivity index (χ3n) is 24.6. The molecule has 18 nitrogen and oxygen atoms in total. The van der Waals surface area contributed by atoms with E-state index < -0.39 is 82.4 Å². The van der Waals surface area contributed by atoms with Crippen LogP contribution in [0.15, 0.2) is 146 Å². The number of halogens is 5. The molecule has 8 aromatic carbocycles. The van der Waals surface area contributed by atoms with Crippen molar-refractivity contribution in [1.29, 1.82) is 0 Å². The molecule has 0 spiro atoms. The Bertz CT molecular complexity index is 4720. The van der Waals surface area contributed by atoms with Crippen LogP contribution >= 0.6 is 12.4 Å².